The number of thiazole rings is 1. The molecule has 2 N–H and O–H groups in total. The van der Waals surface area contributed by atoms with Gasteiger partial charge in [0.15, 0.2) is 5.96 Å². The summed E-state index contributed by atoms with van der Waals surface area (Å²) in [5.74, 6) is 0.912. The van der Waals surface area contributed by atoms with Crippen molar-refractivity contribution < 1.29 is 0 Å². The molecule has 0 radical (unpaired) electrons. The minimum atomic E-state index is 0.257. The molecule has 2 aromatic rings. The van der Waals surface area contributed by atoms with Gasteiger partial charge in [0.25, 0.3) is 0 Å². The number of hydrogen-bond acceptors (Lipinski definition) is 3. The Balaban J connectivity index is 1.56. The maximum Gasteiger partial charge on any atom is 0.191 e. The maximum atomic E-state index is 4.86. The molecule has 1 fully saturated rings. The topological polar surface area (TPSA) is 49.3 Å². The van der Waals surface area contributed by atoms with E-state index < -0.39 is 0 Å². The predicted molar refractivity (Wildman–Crippen MR) is 107 cm³/mol. The molecule has 4 nitrogen and oxygen atoms in total. The molecule has 3 rings (SSSR count). The van der Waals surface area contributed by atoms with Crippen LogP contribution in [0.2, 0.25) is 0 Å². The summed E-state index contributed by atoms with van der Waals surface area (Å²) in [6.07, 6.45) is 3.41. The van der Waals surface area contributed by atoms with Gasteiger partial charge in [0.2, 0.25) is 0 Å². The summed E-state index contributed by atoms with van der Waals surface area (Å²) in [6.45, 7) is 8.90. The molecule has 0 aliphatic heterocycles. The van der Waals surface area contributed by atoms with Crippen molar-refractivity contribution in [1.29, 1.82) is 0 Å². The molecule has 0 amide bonds. The lowest BCUT2D eigenvalue weighted by Gasteiger charge is -2.15. The minimum absolute atomic E-state index is 0.257. The van der Waals surface area contributed by atoms with Crippen LogP contribution < -0.4 is 10.6 Å². The fraction of sp³-hybridized carbons (Fsp3) is 0.500. The molecule has 1 aromatic heterocycles. The van der Waals surface area contributed by atoms with Gasteiger partial charge in [-0.3, -0.25) is 4.99 Å². The number of aliphatic imine (C=N–C) groups is 1. The second-order valence-corrected chi connectivity index (χ2v) is 8.06. The van der Waals surface area contributed by atoms with Crippen molar-refractivity contribution in [3.8, 4) is 0 Å². The molecule has 0 spiro atoms. The first-order valence-electron chi connectivity index (χ1n) is 9.13. The Hall–Kier alpha value is -1.88. The van der Waals surface area contributed by atoms with E-state index >= 15 is 0 Å². The zero-order valence-electron chi connectivity index (χ0n) is 15.4. The zero-order valence-corrected chi connectivity index (χ0v) is 16.2. The normalized spacial score (nSPS) is 15.9. The van der Waals surface area contributed by atoms with Crippen LogP contribution in [-0.4, -0.2) is 30.6 Å². The van der Waals surface area contributed by atoms with E-state index in [1.165, 1.54) is 28.3 Å². The number of hydrogen-bond donors (Lipinski definition) is 2. The first-order chi connectivity index (χ1) is 12.1. The van der Waals surface area contributed by atoms with Crippen LogP contribution in [0.15, 0.2) is 35.3 Å². The number of guanidine groups is 1. The monoisotopic (exact) mass is 356 g/mol. The predicted octanol–water partition coefficient (Wildman–Crippen LogP) is 3.59. The van der Waals surface area contributed by atoms with Gasteiger partial charge in [-0.05, 0) is 39.2 Å². The SMILES string of the molecule is CCNC(=NCC1(c2ccccc2)CC1)NCCc1nc(C)c(C)s1. The molecule has 134 valence electrons. The van der Waals surface area contributed by atoms with E-state index in [4.69, 9.17) is 4.99 Å². The van der Waals surface area contributed by atoms with E-state index in [-0.39, 0.29) is 5.41 Å². The fourth-order valence-electron chi connectivity index (χ4n) is 2.99. The maximum absolute atomic E-state index is 4.86. The number of aromatic nitrogens is 1. The number of nitrogens with one attached hydrogen (secondary N) is 2. The van der Waals surface area contributed by atoms with Crippen molar-refractivity contribution in [3.05, 3.63) is 51.5 Å². The summed E-state index contributed by atoms with van der Waals surface area (Å²) >= 11 is 1.79. The van der Waals surface area contributed by atoms with Crippen LogP contribution in [0.25, 0.3) is 0 Å². The number of rotatable bonds is 7. The quantitative estimate of drug-likeness (QED) is 0.589. The molecule has 1 aromatic carbocycles. The van der Waals surface area contributed by atoms with Crippen molar-refractivity contribution in [3.63, 3.8) is 0 Å². The van der Waals surface area contributed by atoms with Crippen molar-refractivity contribution in [2.24, 2.45) is 4.99 Å². The summed E-state index contributed by atoms with van der Waals surface area (Å²) in [5, 5.41) is 8.01. The summed E-state index contributed by atoms with van der Waals surface area (Å²) in [6, 6.07) is 10.8. The lowest BCUT2D eigenvalue weighted by Crippen LogP contribution is -2.39. The van der Waals surface area contributed by atoms with Gasteiger partial charge in [0, 0.05) is 29.8 Å². The summed E-state index contributed by atoms with van der Waals surface area (Å²) in [7, 11) is 0. The van der Waals surface area contributed by atoms with Gasteiger partial charge in [0.05, 0.1) is 17.2 Å². The largest absolute Gasteiger partial charge is 0.357 e. The number of nitrogens with zero attached hydrogens (tertiary/aromatic N) is 2. The zero-order chi connectivity index (χ0) is 17.7. The van der Waals surface area contributed by atoms with Gasteiger partial charge >= 0.3 is 0 Å². The lowest BCUT2D eigenvalue weighted by atomic mass is 9.96. The standard InChI is InChI=1S/C20H28N4S/c1-4-21-19(22-13-10-18-24-15(2)16(3)25-18)23-14-20(11-12-20)17-8-6-5-7-9-17/h5-9H,4,10-14H2,1-3H3,(H2,21,22,23). The summed E-state index contributed by atoms with van der Waals surface area (Å²) in [5.41, 5.74) is 2.83. The van der Waals surface area contributed by atoms with Gasteiger partial charge < -0.3 is 10.6 Å². The van der Waals surface area contributed by atoms with Gasteiger partial charge in [-0.1, -0.05) is 30.3 Å². The average molecular weight is 357 g/mol. The molecule has 25 heavy (non-hydrogen) atoms. The van der Waals surface area contributed by atoms with Crippen LogP contribution in [0.1, 0.15) is 40.9 Å². The highest BCUT2D eigenvalue weighted by Crippen LogP contribution is 2.48. The van der Waals surface area contributed by atoms with Crippen LogP contribution in [0.5, 0.6) is 0 Å². The molecular weight excluding hydrogens is 328 g/mol. The Morgan fingerprint density at radius 2 is 1.96 bits per heavy atom. The molecule has 1 aliphatic carbocycles. The van der Waals surface area contributed by atoms with Gasteiger partial charge in [-0.15, -0.1) is 11.3 Å². The second-order valence-electron chi connectivity index (χ2n) is 6.77. The third kappa shape index (κ3) is 4.60. The van der Waals surface area contributed by atoms with E-state index in [2.05, 4.69) is 66.7 Å². The lowest BCUT2D eigenvalue weighted by molar-refractivity contribution is 0.692. The van der Waals surface area contributed by atoms with E-state index in [0.717, 1.165) is 37.7 Å². The summed E-state index contributed by atoms with van der Waals surface area (Å²) in [4.78, 5) is 10.8. The van der Waals surface area contributed by atoms with Gasteiger partial charge in [0.1, 0.15) is 0 Å². The molecule has 1 heterocycles. The van der Waals surface area contributed by atoms with Crippen molar-refractivity contribution in [2.75, 3.05) is 19.6 Å². The highest BCUT2D eigenvalue weighted by molar-refractivity contribution is 7.11. The Kier molecular flexibility index (Phi) is 5.74. The van der Waals surface area contributed by atoms with Crippen molar-refractivity contribution >= 4 is 17.3 Å². The van der Waals surface area contributed by atoms with Crippen LogP contribution in [-0.2, 0) is 11.8 Å². The average Bonchev–Trinajstić information content (AvgIpc) is 3.34. The molecule has 0 atom stereocenters. The van der Waals surface area contributed by atoms with E-state index in [9.17, 15) is 0 Å². The molecule has 1 aliphatic rings. The number of aryl methyl sites for hydroxylation is 2. The minimum Gasteiger partial charge on any atom is -0.357 e. The Labute approximate surface area is 154 Å². The van der Waals surface area contributed by atoms with Gasteiger partial charge in [-0.25, -0.2) is 4.98 Å². The van der Waals surface area contributed by atoms with E-state index in [1.54, 1.807) is 11.3 Å². The molecular formula is C20H28N4S. The first-order valence-corrected chi connectivity index (χ1v) is 9.95. The molecule has 0 saturated heterocycles. The van der Waals surface area contributed by atoms with Gasteiger partial charge in [-0.2, -0.15) is 0 Å². The Morgan fingerprint density at radius 3 is 2.56 bits per heavy atom. The molecule has 5 heteroatoms. The molecule has 1 saturated carbocycles. The highest BCUT2D eigenvalue weighted by Gasteiger charge is 2.43. The van der Waals surface area contributed by atoms with Crippen LogP contribution in [0, 0.1) is 13.8 Å². The van der Waals surface area contributed by atoms with Crippen molar-refractivity contribution in [2.45, 2.75) is 45.4 Å². The number of benzene rings is 1. The van der Waals surface area contributed by atoms with Crippen molar-refractivity contribution in [1.82, 2.24) is 15.6 Å². The molecule has 0 unspecified atom stereocenters. The van der Waals surface area contributed by atoms with E-state index in [1.807, 2.05) is 0 Å². The van der Waals surface area contributed by atoms with Crippen LogP contribution in [0.3, 0.4) is 0 Å². The highest BCUT2D eigenvalue weighted by atomic mass is 32.1. The third-order valence-electron chi connectivity index (χ3n) is 4.83. The second kappa shape index (κ2) is 8.00. The fourth-order valence-corrected chi connectivity index (χ4v) is 3.92. The van der Waals surface area contributed by atoms with Crippen LogP contribution in [0.4, 0.5) is 0 Å². The Bertz CT molecular complexity index is 697. The third-order valence-corrected chi connectivity index (χ3v) is 5.96. The molecule has 0 bridgehead atoms. The summed E-state index contributed by atoms with van der Waals surface area (Å²) < 4.78 is 0. The van der Waals surface area contributed by atoms with Crippen LogP contribution >= 0.6 is 11.3 Å². The Morgan fingerprint density at radius 1 is 1.20 bits per heavy atom. The smallest absolute Gasteiger partial charge is 0.191 e. The van der Waals surface area contributed by atoms with E-state index in [0.29, 0.717) is 0 Å². The first kappa shape index (κ1) is 17.9.